The van der Waals surface area contributed by atoms with E-state index in [0.29, 0.717) is 6.04 Å². The molecule has 3 aliphatic rings. The van der Waals surface area contributed by atoms with Crippen LogP contribution in [0.3, 0.4) is 0 Å². The molecule has 1 unspecified atom stereocenters. The molecule has 2 saturated heterocycles. The zero-order valence-electron chi connectivity index (χ0n) is 18.0. The molecule has 4 rings (SSSR count). The van der Waals surface area contributed by atoms with Crippen LogP contribution in [0.1, 0.15) is 63.4 Å². The second-order valence-electron chi connectivity index (χ2n) is 9.17. The van der Waals surface area contributed by atoms with Gasteiger partial charge in [-0.25, -0.2) is 4.79 Å². The van der Waals surface area contributed by atoms with Crippen molar-refractivity contribution in [1.29, 1.82) is 0 Å². The minimum Gasteiger partial charge on any atom is -0.352 e. The molecule has 1 aromatic carbocycles. The lowest BCUT2D eigenvalue weighted by atomic mass is 9.95. The van der Waals surface area contributed by atoms with Crippen LogP contribution in [0.4, 0.5) is 4.79 Å². The number of piperidine rings is 1. The molecule has 30 heavy (non-hydrogen) atoms. The lowest BCUT2D eigenvalue weighted by Gasteiger charge is -2.35. The van der Waals surface area contributed by atoms with Crippen molar-refractivity contribution in [1.82, 2.24) is 20.4 Å². The van der Waals surface area contributed by atoms with Gasteiger partial charge < -0.3 is 15.5 Å². The molecule has 1 aromatic rings. The summed E-state index contributed by atoms with van der Waals surface area (Å²) in [5, 5.41) is 6.49. The number of carbonyl (C=O) groups excluding carboxylic acids is 2. The van der Waals surface area contributed by atoms with Crippen LogP contribution in [0.25, 0.3) is 0 Å². The highest BCUT2D eigenvalue weighted by Crippen LogP contribution is 2.22. The Morgan fingerprint density at radius 3 is 2.23 bits per heavy atom. The summed E-state index contributed by atoms with van der Waals surface area (Å²) in [7, 11) is 0. The van der Waals surface area contributed by atoms with E-state index >= 15 is 0 Å². The molecule has 2 aliphatic heterocycles. The van der Waals surface area contributed by atoms with Crippen LogP contribution in [-0.2, 0) is 11.3 Å². The van der Waals surface area contributed by atoms with Gasteiger partial charge in [0.2, 0.25) is 5.91 Å². The van der Waals surface area contributed by atoms with Gasteiger partial charge in [0.15, 0.2) is 0 Å². The summed E-state index contributed by atoms with van der Waals surface area (Å²) in [6.07, 6.45) is 9.65. The molecule has 1 saturated carbocycles. The van der Waals surface area contributed by atoms with Gasteiger partial charge in [0.25, 0.3) is 0 Å². The van der Waals surface area contributed by atoms with Crippen LogP contribution >= 0.6 is 0 Å². The van der Waals surface area contributed by atoms with Crippen LogP contribution < -0.4 is 10.6 Å². The SMILES string of the molecule is O=C(NC1CCN(C(=O)NC2CCCCC2)CC1)C1CCCN1Cc1ccccc1. The summed E-state index contributed by atoms with van der Waals surface area (Å²) in [5.74, 6) is 0.161. The standard InChI is InChI=1S/C24H36N4O2/c29-23(22-12-7-15-28(22)18-19-8-3-1-4-9-19)25-21-13-16-27(17-14-21)24(30)26-20-10-5-2-6-11-20/h1,3-4,8-9,20-22H,2,5-7,10-18H2,(H,25,29)(H,26,30). The number of carbonyl (C=O) groups is 2. The van der Waals surface area contributed by atoms with Crippen LogP contribution in [0, 0.1) is 0 Å². The molecule has 6 nitrogen and oxygen atoms in total. The molecule has 0 radical (unpaired) electrons. The molecular formula is C24H36N4O2. The minimum absolute atomic E-state index is 0.0298. The van der Waals surface area contributed by atoms with Crippen molar-refractivity contribution in [2.24, 2.45) is 0 Å². The van der Waals surface area contributed by atoms with Gasteiger partial charge in [0.1, 0.15) is 0 Å². The Hall–Kier alpha value is -2.08. The minimum atomic E-state index is -0.0298. The van der Waals surface area contributed by atoms with E-state index < -0.39 is 0 Å². The van der Waals surface area contributed by atoms with Crippen molar-refractivity contribution in [3.63, 3.8) is 0 Å². The van der Waals surface area contributed by atoms with E-state index in [9.17, 15) is 9.59 Å². The van der Waals surface area contributed by atoms with Gasteiger partial charge in [-0.3, -0.25) is 9.69 Å². The number of nitrogens with one attached hydrogen (secondary N) is 2. The average Bonchev–Trinajstić information content (AvgIpc) is 3.24. The number of likely N-dealkylation sites (tertiary alicyclic amines) is 2. The molecule has 6 heteroatoms. The topological polar surface area (TPSA) is 64.7 Å². The Labute approximate surface area is 180 Å². The average molecular weight is 413 g/mol. The van der Waals surface area contributed by atoms with E-state index in [1.807, 2.05) is 11.0 Å². The van der Waals surface area contributed by atoms with E-state index in [2.05, 4.69) is 39.8 Å². The van der Waals surface area contributed by atoms with Crippen LogP contribution in [0.15, 0.2) is 30.3 Å². The third-order valence-corrected chi connectivity index (χ3v) is 6.96. The number of urea groups is 1. The van der Waals surface area contributed by atoms with Gasteiger partial charge in [-0.1, -0.05) is 49.6 Å². The van der Waals surface area contributed by atoms with Crippen molar-refractivity contribution >= 4 is 11.9 Å². The maximum absolute atomic E-state index is 12.9. The first-order chi connectivity index (χ1) is 14.7. The maximum atomic E-state index is 12.9. The molecule has 164 valence electrons. The summed E-state index contributed by atoms with van der Waals surface area (Å²) in [6.45, 7) is 3.26. The van der Waals surface area contributed by atoms with Gasteiger partial charge in [-0.05, 0) is 50.6 Å². The molecule has 3 amide bonds. The van der Waals surface area contributed by atoms with E-state index in [1.54, 1.807) is 0 Å². The maximum Gasteiger partial charge on any atom is 0.317 e. The Kier molecular flexibility index (Phi) is 7.26. The number of amides is 3. The largest absolute Gasteiger partial charge is 0.352 e. The molecule has 0 aromatic heterocycles. The fourth-order valence-corrected chi connectivity index (χ4v) is 5.17. The number of rotatable bonds is 5. The van der Waals surface area contributed by atoms with Crippen LogP contribution in [0.5, 0.6) is 0 Å². The van der Waals surface area contributed by atoms with Gasteiger partial charge in [-0.2, -0.15) is 0 Å². The number of nitrogens with zero attached hydrogens (tertiary/aromatic N) is 2. The van der Waals surface area contributed by atoms with Crippen molar-refractivity contribution in [3.8, 4) is 0 Å². The molecular weight excluding hydrogens is 376 g/mol. The van der Waals surface area contributed by atoms with E-state index in [1.165, 1.54) is 24.8 Å². The summed E-state index contributed by atoms with van der Waals surface area (Å²) in [6, 6.07) is 11.0. The highest BCUT2D eigenvalue weighted by atomic mass is 16.2. The van der Waals surface area contributed by atoms with E-state index in [0.717, 1.165) is 64.7 Å². The van der Waals surface area contributed by atoms with Crippen molar-refractivity contribution < 1.29 is 9.59 Å². The Balaban J connectivity index is 1.21. The Bertz CT molecular complexity index is 696. The first-order valence-electron chi connectivity index (χ1n) is 11.8. The quantitative estimate of drug-likeness (QED) is 0.780. The fraction of sp³-hybridized carbons (Fsp3) is 0.667. The normalized spacial score (nSPS) is 24.0. The van der Waals surface area contributed by atoms with E-state index in [4.69, 9.17) is 0 Å². The summed E-state index contributed by atoms with van der Waals surface area (Å²) < 4.78 is 0. The van der Waals surface area contributed by atoms with Gasteiger partial charge in [0, 0.05) is 31.7 Å². The van der Waals surface area contributed by atoms with Crippen molar-refractivity contribution in [2.75, 3.05) is 19.6 Å². The predicted octanol–water partition coefficient (Wildman–Crippen LogP) is 3.27. The number of hydrogen-bond donors (Lipinski definition) is 2. The van der Waals surface area contributed by atoms with Crippen LogP contribution in [0.2, 0.25) is 0 Å². The van der Waals surface area contributed by atoms with Crippen molar-refractivity contribution in [3.05, 3.63) is 35.9 Å². The Morgan fingerprint density at radius 1 is 0.800 bits per heavy atom. The third kappa shape index (κ3) is 5.54. The first-order valence-corrected chi connectivity index (χ1v) is 11.8. The second-order valence-corrected chi connectivity index (χ2v) is 9.17. The third-order valence-electron chi connectivity index (χ3n) is 6.96. The summed E-state index contributed by atoms with van der Waals surface area (Å²) in [4.78, 5) is 29.7. The summed E-state index contributed by atoms with van der Waals surface area (Å²) in [5.41, 5.74) is 1.26. The van der Waals surface area contributed by atoms with Gasteiger partial charge in [0.05, 0.1) is 6.04 Å². The first kappa shape index (κ1) is 21.2. The zero-order valence-corrected chi connectivity index (χ0v) is 18.0. The molecule has 1 atom stereocenters. The number of hydrogen-bond acceptors (Lipinski definition) is 3. The molecule has 0 spiro atoms. The second kappa shape index (κ2) is 10.3. The molecule has 1 aliphatic carbocycles. The van der Waals surface area contributed by atoms with E-state index in [-0.39, 0.29) is 24.0 Å². The highest BCUT2D eigenvalue weighted by Gasteiger charge is 2.33. The molecule has 0 bridgehead atoms. The number of benzene rings is 1. The lowest BCUT2D eigenvalue weighted by Crippen LogP contribution is -2.53. The zero-order chi connectivity index (χ0) is 20.8. The van der Waals surface area contributed by atoms with Gasteiger partial charge in [-0.15, -0.1) is 0 Å². The van der Waals surface area contributed by atoms with Gasteiger partial charge >= 0.3 is 6.03 Å². The highest BCUT2D eigenvalue weighted by molar-refractivity contribution is 5.82. The Morgan fingerprint density at radius 2 is 1.50 bits per heavy atom. The smallest absolute Gasteiger partial charge is 0.317 e. The summed E-state index contributed by atoms with van der Waals surface area (Å²) >= 11 is 0. The predicted molar refractivity (Wildman–Crippen MR) is 118 cm³/mol. The fourth-order valence-electron chi connectivity index (χ4n) is 5.17. The van der Waals surface area contributed by atoms with Crippen molar-refractivity contribution in [2.45, 2.75) is 82.5 Å². The molecule has 2 N–H and O–H groups in total. The molecule has 3 fully saturated rings. The monoisotopic (exact) mass is 412 g/mol. The molecule has 2 heterocycles. The lowest BCUT2D eigenvalue weighted by molar-refractivity contribution is -0.126. The van der Waals surface area contributed by atoms with Crippen LogP contribution in [-0.4, -0.2) is 59.5 Å².